The summed E-state index contributed by atoms with van der Waals surface area (Å²) in [5, 5.41) is 9.34. The van der Waals surface area contributed by atoms with E-state index in [0.717, 1.165) is 17.7 Å². The Bertz CT molecular complexity index is 415. The molecule has 2 heteroatoms. The molecule has 0 aliphatic carbocycles. The SMILES string of the molecule is CC(O)c1coc(Cc2ccccc2)c1. The van der Waals surface area contributed by atoms with Crippen LogP contribution in [0.25, 0.3) is 0 Å². The van der Waals surface area contributed by atoms with Crippen LogP contribution in [0.5, 0.6) is 0 Å². The topological polar surface area (TPSA) is 33.4 Å². The number of benzene rings is 1. The van der Waals surface area contributed by atoms with Gasteiger partial charge in [-0.15, -0.1) is 0 Å². The van der Waals surface area contributed by atoms with Crippen LogP contribution in [-0.2, 0) is 6.42 Å². The van der Waals surface area contributed by atoms with Crippen molar-refractivity contribution in [3.8, 4) is 0 Å². The summed E-state index contributed by atoms with van der Waals surface area (Å²) in [7, 11) is 0. The summed E-state index contributed by atoms with van der Waals surface area (Å²) >= 11 is 0. The van der Waals surface area contributed by atoms with Gasteiger partial charge in [-0.05, 0) is 18.6 Å². The van der Waals surface area contributed by atoms with E-state index < -0.39 is 6.10 Å². The van der Waals surface area contributed by atoms with Gasteiger partial charge in [0, 0.05) is 12.0 Å². The summed E-state index contributed by atoms with van der Waals surface area (Å²) in [6.07, 6.45) is 1.93. The van der Waals surface area contributed by atoms with Crippen molar-refractivity contribution in [2.75, 3.05) is 0 Å². The maximum atomic E-state index is 9.34. The Labute approximate surface area is 89.2 Å². The van der Waals surface area contributed by atoms with Gasteiger partial charge in [0.2, 0.25) is 0 Å². The van der Waals surface area contributed by atoms with Crippen LogP contribution in [0.4, 0.5) is 0 Å². The molecule has 1 heterocycles. The fourth-order valence-corrected chi connectivity index (χ4v) is 1.51. The van der Waals surface area contributed by atoms with E-state index in [9.17, 15) is 5.11 Å². The summed E-state index contributed by atoms with van der Waals surface area (Å²) in [6.45, 7) is 1.73. The minimum absolute atomic E-state index is 0.460. The average molecular weight is 202 g/mol. The molecule has 1 unspecified atom stereocenters. The zero-order chi connectivity index (χ0) is 10.7. The van der Waals surface area contributed by atoms with Crippen molar-refractivity contribution in [3.63, 3.8) is 0 Å². The molecular formula is C13H14O2. The Hall–Kier alpha value is -1.54. The van der Waals surface area contributed by atoms with E-state index in [2.05, 4.69) is 12.1 Å². The van der Waals surface area contributed by atoms with Crippen LogP contribution < -0.4 is 0 Å². The molecule has 0 saturated heterocycles. The highest BCUT2D eigenvalue weighted by Gasteiger charge is 2.06. The second-order valence-electron chi connectivity index (χ2n) is 3.68. The first-order chi connectivity index (χ1) is 7.25. The fourth-order valence-electron chi connectivity index (χ4n) is 1.51. The number of aliphatic hydroxyl groups excluding tert-OH is 1. The molecule has 0 spiro atoms. The zero-order valence-electron chi connectivity index (χ0n) is 8.68. The third-order valence-corrected chi connectivity index (χ3v) is 2.38. The highest BCUT2D eigenvalue weighted by atomic mass is 16.3. The standard InChI is InChI=1S/C13H14O2/c1-10(14)12-8-13(15-9-12)7-11-5-3-2-4-6-11/h2-6,8-10,14H,7H2,1H3. The minimum atomic E-state index is -0.460. The van der Waals surface area contributed by atoms with Crippen molar-refractivity contribution >= 4 is 0 Å². The molecule has 0 radical (unpaired) electrons. The van der Waals surface area contributed by atoms with Crippen molar-refractivity contribution in [3.05, 3.63) is 59.5 Å². The van der Waals surface area contributed by atoms with Gasteiger partial charge in [-0.2, -0.15) is 0 Å². The molecule has 0 aliphatic heterocycles. The molecule has 0 fully saturated rings. The maximum absolute atomic E-state index is 9.34. The van der Waals surface area contributed by atoms with Crippen LogP contribution in [0.3, 0.4) is 0 Å². The first kappa shape index (κ1) is 9.99. The van der Waals surface area contributed by atoms with Crippen molar-refractivity contribution < 1.29 is 9.52 Å². The van der Waals surface area contributed by atoms with Crippen LogP contribution in [-0.4, -0.2) is 5.11 Å². The number of hydrogen-bond donors (Lipinski definition) is 1. The Morgan fingerprint density at radius 2 is 2.00 bits per heavy atom. The highest BCUT2D eigenvalue weighted by molar-refractivity contribution is 5.23. The lowest BCUT2D eigenvalue weighted by atomic mass is 10.1. The maximum Gasteiger partial charge on any atom is 0.108 e. The second kappa shape index (κ2) is 4.32. The largest absolute Gasteiger partial charge is 0.469 e. The number of rotatable bonds is 3. The summed E-state index contributed by atoms with van der Waals surface area (Å²) in [5.41, 5.74) is 2.05. The molecule has 0 saturated carbocycles. The molecule has 2 nitrogen and oxygen atoms in total. The Morgan fingerprint density at radius 3 is 2.60 bits per heavy atom. The van der Waals surface area contributed by atoms with Crippen LogP contribution >= 0.6 is 0 Å². The lowest BCUT2D eigenvalue weighted by Gasteiger charge is -1.97. The van der Waals surface area contributed by atoms with E-state index in [-0.39, 0.29) is 0 Å². The molecule has 15 heavy (non-hydrogen) atoms. The molecular weight excluding hydrogens is 188 g/mol. The molecule has 1 aromatic carbocycles. The van der Waals surface area contributed by atoms with Gasteiger partial charge in [0.15, 0.2) is 0 Å². The molecule has 78 valence electrons. The monoisotopic (exact) mass is 202 g/mol. The summed E-state index contributed by atoms with van der Waals surface area (Å²) in [4.78, 5) is 0. The normalized spacial score (nSPS) is 12.7. The van der Waals surface area contributed by atoms with Gasteiger partial charge in [-0.25, -0.2) is 0 Å². The van der Waals surface area contributed by atoms with E-state index in [0.29, 0.717) is 0 Å². The van der Waals surface area contributed by atoms with Gasteiger partial charge in [-0.1, -0.05) is 30.3 Å². The third kappa shape index (κ3) is 2.48. The quantitative estimate of drug-likeness (QED) is 0.830. The van der Waals surface area contributed by atoms with E-state index in [1.807, 2.05) is 24.3 Å². The van der Waals surface area contributed by atoms with Gasteiger partial charge in [0.1, 0.15) is 5.76 Å². The van der Waals surface area contributed by atoms with Crippen molar-refractivity contribution in [1.82, 2.24) is 0 Å². The average Bonchev–Trinajstić information content (AvgIpc) is 2.68. The number of hydrogen-bond acceptors (Lipinski definition) is 2. The molecule has 1 aromatic heterocycles. The Kier molecular flexibility index (Phi) is 2.88. The van der Waals surface area contributed by atoms with Crippen molar-refractivity contribution in [2.24, 2.45) is 0 Å². The van der Waals surface area contributed by atoms with E-state index in [1.54, 1.807) is 13.2 Å². The lowest BCUT2D eigenvalue weighted by molar-refractivity contribution is 0.198. The lowest BCUT2D eigenvalue weighted by Crippen LogP contribution is -1.87. The first-order valence-electron chi connectivity index (χ1n) is 5.05. The summed E-state index contributed by atoms with van der Waals surface area (Å²) < 4.78 is 5.37. The smallest absolute Gasteiger partial charge is 0.108 e. The highest BCUT2D eigenvalue weighted by Crippen LogP contribution is 2.18. The first-order valence-corrected chi connectivity index (χ1v) is 5.05. The predicted molar refractivity (Wildman–Crippen MR) is 58.6 cm³/mol. The number of aliphatic hydroxyl groups is 1. The minimum Gasteiger partial charge on any atom is -0.469 e. The zero-order valence-corrected chi connectivity index (χ0v) is 8.68. The van der Waals surface area contributed by atoms with Crippen LogP contribution in [0.1, 0.15) is 29.9 Å². The van der Waals surface area contributed by atoms with E-state index >= 15 is 0 Å². The van der Waals surface area contributed by atoms with Crippen LogP contribution in [0, 0.1) is 0 Å². The van der Waals surface area contributed by atoms with Gasteiger partial charge >= 0.3 is 0 Å². The molecule has 0 amide bonds. The van der Waals surface area contributed by atoms with Crippen molar-refractivity contribution in [1.29, 1.82) is 0 Å². The molecule has 0 aliphatic rings. The Morgan fingerprint density at radius 1 is 1.27 bits per heavy atom. The Balaban J connectivity index is 2.12. The van der Waals surface area contributed by atoms with Crippen LogP contribution in [0.2, 0.25) is 0 Å². The summed E-state index contributed by atoms with van der Waals surface area (Å²) in [5.74, 6) is 0.886. The second-order valence-corrected chi connectivity index (χ2v) is 3.68. The summed E-state index contributed by atoms with van der Waals surface area (Å²) in [6, 6.07) is 12.0. The number of furan rings is 1. The van der Waals surface area contributed by atoms with Gasteiger partial charge in [0.05, 0.1) is 12.4 Å². The molecule has 2 rings (SSSR count). The molecule has 1 atom stereocenters. The van der Waals surface area contributed by atoms with Crippen LogP contribution in [0.15, 0.2) is 47.1 Å². The van der Waals surface area contributed by atoms with Gasteiger partial charge in [0.25, 0.3) is 0 Å². The van der Waals surface area contributed by atoms with Gasteiger partial charge in [-0.3, -0.25) is 0 Å². The molecule has 0 bridgehead atoms. The molecule has 1 N–H and O–H groups in total. The van der Waals surface area contributed by atoms with E-state index in [4.69, 9.17) is 4.42 Å². The molecule has 2 aromatic rings. The van der Waals surface area contributed by atoms with Gasteiger partial charge < -0.3 is 9.52 Å². The third-order valence-electron chi connectivity index (χ3n) is 2.38. The fraction of sp³-hybridized carbons (Fsp3) is 0.231. The van der Waals surface area contributed by atoms with Crippen molar-refractivity contribution in [2.45, 2.75) is 19.4 Å². The van der Waals surface area contributed by atoms with E-state index in [1.165, 1.54) is 5.56 Å². The predicted octanol–water partition coefficient (Wildman–Crippen LogP) is 2.92.